The Morgan fingerprint density at radius 1 is 1.12 bits per heavy atom. The maximum atomic E-state index is 12.6. The number of halogens is 1. The maximum absolute atomic E-state index is 12.6. The van der Waals surface area contributed by atoms with Crippen molar-refractivity contribution in [1.29, 1.82) is 0 Å². The molecular weight excluding hydrogens is 414 g/mol. The molecular formula is C19H28BrN3O2S. The van der Waals surface area contributed by atoms with Crippen LogP contribution in [0.4, 0.5) is 0 Å². The van der Waals surface area contributed by atoms with Gasteiger partial charge in [0, 0.05) is 49.6 Å². The Kier molecular flexibility index (Phi) is 7.98. The number of benzene rings is 1. The van der Waals surface area contributed by atoms with Gasteiger partial charge in [-0.15, -0.1) is 11.8 Å². The molecule has 1 aliphatic rings. The lowest BCUT2D eigenvalue weighted by Crippen LogP contribution is -2.40. The van der Waals surface area contributed by atoms with Crippen LogP contribution in [0.5, 0.6) is 0 Å². The summed E-state index contributed by atoms with van der Waals surface area (Å²) in [5.41, 5.74) is 2.37. The van der Waals surface area contributed by atoms with Gasteiger partial charge in [0.05, 0.1) is 12.3 Å². The molecule has 2 amide bonds. The van der Waals surface area contributed by atoms with E-state index in [9.17, 15) is 9.59 Å². The van der Waals surface area contributed by atoms with Crippen LogP contribution >= 0.6 is 27.7 Å². The third kappa shape index (κ3) is 5.99. The minimum atomic E-state index is 0.112. The van der Waals surface area contributed by atoms with E-state index in [1.807, 2.05) is 4.90 Å². The van der Waals surface area contributed by atoms with E-state index in [1.165, 1.54) is 11.1 Å². The van der Waals surface area contributed by atoms with E-state index in [0.29, 0.717) is 18.8 Å². The highest BCUT2D eigenvalue weighted by atomic mass is 79.9. The van der Waals surface area contributed by atoms with E-state index in [-0.39, 0.29) is 11.8 Å². The summed E-state index contributed by atoms with van der Waals surface area (Å²) in [5, 5.41) is 0. The summed E-state index contributed by atoms with van der Waals surface area (Å²) < 4.78 is 1.10. The molecule has 0 N–H and O–H groups in total. The molecule has 7 heteroatoms. The molecule has 0 radical (unpaired) electrons. The van der Waals surface area contributed by atoms with Gasteiger partial charge in [0.25, 0.3) is 0 Å². The summed E-state index contributed by atoms with van der Waals surface area (Å²) in [6.45, 7) is 7.65. The average Bonchev–Trinajstić information content (AvgIpc) is 2.82. The monoisotopic (exact) mass is 441 g/mol. The van der Waals surface area contributed by atoms with Gasteiger partial charge < -0.3 is 9.80 Å². The molecule has 0 saturated carbocycles. The number of carbonyl (C=O) groups is 2. The fraction of sp³-hybridized carbons (Fsp3) is 0.579. The van der Waals surface area contributed by atoms with Crippen LogP contribution in [0.25, 0.3) is 0 Å². The number of hydrogen-bond donors (Lipinski definition) is 0. The maximum Gasteiger partial charge on any atom is 0.236 e. The first-order valence-corrected chi connectivity index (χ1v) is 10.7. The van der Waals surface area contributed by atoms with E-state index in [1.54, 1.807) is 30.8 Å². The Balaban J connectivity index is 1.86. The Morgan fingerprint density at radius 3 is 2.54 bits per heavy atom. The number of aryl methyl sites for hydroxylation is 2. The van der Waals surface area contributed by atoms with Crippen molar-refractivity contribution in [2.24, 2.45) is 0 Å². The van der Waals surface area contributed by atoms with E-state index in [4.69, 9.17) is 0 Å². The first-order chi connectivity index (χ1) is 12.3. The summed E-state index contributed by atoms with van der Waals surface area (Å²) in [4.78, 5) is 31.4. The summed E-state index contributed by atoms with van der Waals surface area (Å²) >= 11 is 5.15. The number of rotatable bonds is 5. The third-order valence-corrected chi connectivity index (χ3v) is 6.60. The third-order valence-electron chi connectivity index (χ3n) is 4.61. The van der Waals surface area contributed by atoms with Crippen molar-refractivity contribution in [2.45, 2.75) is 25.2 Å². The predicted octanol–water partition coefficient (Wildman–Crippen LogP) is 2.78. The van der Waals surface area contributed by atoms with E-state index < -0.39 is 0 Å². The number of nitrogens with zero attached hydrogens (tertiary/aromatic N) is 3. The average molecular weight is 442 g/mol. The van der Waals surface area contributed by atoms with Gasteiger partial charge in [-0.25, -0.2) is 0 Å². The van der Waals surface area contributed by atoms with E-state index >= 15 is 0 Å². The van der Waals surface area contributed by atoms with Gasteiger partial charge in [-0.3, -0.25) is 14.5 Å². The zero-order valence-electron chi connectivity index (χ0n) is 16.0. The van der Waals surface area contributed by atoms with Gasteiger partial charge >= 0.3 is 0 Å². The molecule has 1 aromatic carbocycles. The molecule has 2 rings (SSSR count). The number of likely N-dealkylation sites (N-methyl/N-ethyl adjacent to an activating group) is 1. The molecule has 1 aliphatic heterocycles. The van der Waals surface area contributed by atoms with E-state index in [0.717, 1.165) is 35.4 Å². The van der Waals surface area contributed by atoms with Crippen molar-refractivity contribution >= 4 is 39.5 Å². The highest BCUT2D eigenvalue weighted by Crippen LogP contribution is 2.28. The lowest BCUT2D eigenvalue weighted by atomic mass is 10.2. The molecule has 26 heavy (non-hydrogen) atoms. The summed E-state index contributed by atoms with van der Waals surface area (Å²) in [5.74, 6) is 0.746. The number of thioether (sulfide) groups is 1. The summed E-state index contributed by atoms with van der Waals surface area (Å²) in [6, 6.07) is 4.24. The number of amides is 2. The van der Waals surface area contributed by atoms with Crippen LogP contribution in [-0.4, -0.2) is 79.1 Å². The first-order valence-electron chi connectivity index (χ1n) is 8.87. The minimum absolute atomic E-state index is 0.112. The second kappa shape index (κ2) is 9.76. The molecule has 1 aromatic rings. The van der Waals surface area contributed by atoms with Crippen LogP contribution < -0.4 is 0 Å². The number of carbonyl (C=O) groups excluding carboxylic acids is 2. The van der Waals surface area contributed by atoms with Gasteiger partial charge in [0.15, 0.2) is 0 Å². The van der Waals surface area contributed by atoms with E-state index in [2.05, 4.69) is 46.8 Å². The second-order valence-electron chi connectivity index (χ2n) is 6.95. The van der Waals surface area contributed by atoms with Crippen molar-refractivity contribution in [1.82, 2.24) is 14.7 Å². The molecule has 0 bridgehead atoms. The van der Waals surface area contributed by atoms with Gasteiger partial charge in [-0.05, 0) is 43.5 Å². The van der Waals surface area contributed by atoms with Gasteiger partial charge in [0.2, 0.25) is 11.8 Å². The summed E-state index contributed by atoms with van der Waals surface area (Å²) in [6.07, 6.45) is 0.910. The fourth-order valence-electron chi connectivity index (χ4n) is 2.85. The largest absolute Gasteiger partial charge is 0.348 e. The molecule has 1 saturated heterocycles. The van der Waals surface area contributed by atoms with Crippen LogP contribution in [0.3, 0.4) is 0 Å². The quantitative estimate of drug-likeness (QED) is 0.658. The molecule has 1 fully saturated rings. The lowest BCUT2D eigenvalue weighted by Gasteiger charge is -2.22. The first kappa shape index (κ1) is 21.3. The Hall–Kier alpha value is -1.05. The van der Waals surface area contributed by atoms with Crippen molar-refractivity contribution in [3.05, 3.63) is 27.7 Å². The normalized spacial score (nSPS) is 15.7. The molecule has 144 valence electrons. The lowest BCUT2D eigenvalue weighted by molar-refractivity contribution is -0.129. The summed E-state index contributed by atoms with van der Waals surface area (Å²) in [7, 11) is 3.55. The molecule has 5 nitrogen and oxygen atoms in total. The fourth-order valence-corrected chi connectivity index (χ4v) is 4.32. The molecule has 0 atom stereocenters. The topological polar surface area (TPSA) is 43.9 Å². The Labute approximate surface area is 169 Å². The highest BCUT2D eigenvalue weighted by molar-refractivity contribution is 9.10. The standard InChI is InChI=1S/C19H28BrN3O2S/c1-14-11-17(15(2)10-16(14)20)26-13-19(25)23-7-5-6-22(8-9-23)12-18(24)21(3)4/h10-11H,5-9,12-13H2,1-4H3. The van der Waals surface area contributed by atoms with Crippen molar-refractivity contribution < 1.29 is 9.59 Å². The molecule has 0 aromatic heterocycles. The van der Waals surface area contributed by atoms with Gasteiger partial charge in [-0.2, -0.15) is 0 Å². The zero-order chi connectivity index (χ0) is 19.3. The van der Waals surface area contributed by atoms with Crippen LogP contribution in [0, 0.1) is 13.8 Å². The van der Waals surface area contributed by atoms with Crippen LogP contribution in [-0.2, 0) is 9.59 Å². The Morgan fingerprint density at radius 2 is 1.85 bits per heavy atom. The van der Waals surface area contributed by atoms with Crippen LogP contribution in [0.1, 0.15) is 17.5 Å². The van der Waals surface area contributed by atoms with Crippen molar-refractivity contribution in [2.75, 3.05) is 52.6 Å². The zero-order valence-corrected chi connectivity index (χ0v) is 18.5. The van der Waals surface area contributed by atoms with Crippen molar-refractivity contribution in [3.8, 4) is 0 Å². The number of hydrogen-bond acceptors (Lipinski definition) is 4. The Bertz CT molecular complexity index is 666. The van der Waals surface area contributed by atoms with Crippen LogP contribution in [0.2, 0.25) is 0 Å². The molecule has 0 aliphatic carbocycles. The predicted molar refractivity (Wildman–Crippen MR) is 111 cm³/mol. The SMILES string of the molecule is Cc1cc(SCC(=O)N2CCCN(CC(=O)N(C)C)CC2)c(C)cc1Br. The van der Waals surface area contributed by atoms with Crippen LogP contribution in [0.15, 0.2) is 21.5 Å². The van der Waals surface area contributed by atoms with Crippen molar-refractivity contribution in [3.63, 3.8) is 0 Å². The molecule has 1 heterocycles. The van der Waals surface area contributed by atoms with Gasteiger partial charge in [-0.1, -0.05) is 15.9 Å². The minimum Gasteiger partial charge on any atom is -0.348 e. The second-order valence-corrected chi connectivity index (χ2v) is 8.83. The van der Waals surface area contributed by atoms with Gasteiger partial charge in [0.1, 0.15) is 0 Å². The molecule has 0 spiro atoms. The highest BCUT2D eigenvalue weighted by Gasteiger charge is 2.21. The smallest absolute Gasteiger partial charge is 0.236 e. The molecule has 0 unspecified atom stereocenters.